The van der Waals surface area contributed by atoms with Gasteiger partial charge < -0.3 is 10.4 Å². The first-order valence-corrected chi connectivity index (χ1v) is 6.31. The Kier molecular flexibility index (Phi) is 4.02. The molecule has 3 N–H and O–H groups in total. The van der Waals surface area contributed by atoms with Crippen molar-refractivity contribution in [3.05, 3.63) is 60.7 Å². The second kappa shape index (κ2) is 5.08. The highest BCUT2D eigenvalue weighted by molar-refractivity contribution is 7.73. The smallest absolute Gasteiger partial charge is 0.258 e. The quantitative estimate of drug-likeness (QED) is 0.793. The minimum atomic E-state index is -3.40. The van der Waals surface area contributed by atoms with E-state index in [0.29, 0.717) is 10.6 Å². The molecule has 0 aliphatic carbocycles. The minimum Gasteiger partial charge on any atom is -0.412 e. The number of rotatable bonds is 2. The van der Waals surface area contributed by atoms with Gasteiger partial charge in [0.25, 0.3) is 7.37 Å². The van der Waals surface area contributed by atoms with Gasteiger partial charge in [0.2, 0.25) is 0 Å². The molecule has 2 aromatic carbocycles. The molecule has 0 atom stereocenters. The van der Waals surface area contributed by atoms with E-state index in [-0.39, 0.29) is 5.48 Å². The van der Waals surface area contributed by atoms with Crippen molar-refractivity contribution in [2.45, 2.75) is 0 Å². The maximum atomic E-state index is 12.2. The molecule has 16 heavy (non-hydrogen) atoms. The molecule has 0 saturated carbocycles. The first-order chi connectivity index (χ1) is 7.21. The fourth-order valence-electron chi connectivity index (χ4n) is 1.41. The van der Waals surface area contributed by atoms with E-state index in [4.69, 9.17) is 0 Å². The maximum Gasteiger partial charge on any atom is 0.258 e. The van der Waals surface area contributed by atoms with Crippen LogP contribution < -0.4 is 10.6 Å². The van der Waals surface area contributed by atoms with Crippen LogP contribution in [0, 0.1) is 0 Å². The fraction of sp³-hybridized carbons (Fsp3) is 0. The van der Waals surface area contributed by atoms with E-state index in [1.807, 2.05) is 12.1 Å². The summed E-state index contributed by atoms with van der Waals surface area (Å²) >= 11 is 0. The van der Waals surface area contributed by atoms with E-state index in [1.165, 1.54) is 0 Å². The normalized spacial score (nSPS) is 10.6. The molecule has 4 heteroatoms. The Morgan fingerprint density at radius 1 is 0.750 bits per heavy atom. The molecule has 0 aliphatic heterocycles. The van der Waals surface area contributed by atoms with Gasteiger partial charge in [0, 0.05) is 10.6 Å². The predicted octanol–water partition coefficient (Wildman–Crippen LogP) is 1.08. The van der Waals surface area contributed by atoms with Crippen molar-refractivity contribution in [1.29, 1.82) is 0 Å². The van der Waals surface area contributed by atoms with Crippen LogP contribution in [0.4, 0.5) is 0 Å². The highest BCUT2D eigenvalue weighted by Gasteiger charge is 2.22. The van der Waals surface area contributed by atoms with Crippen LogP contribution in [0.3, 0.4) is 0 Å². The summed E-state index contributed by atoms with van der Waals surface area (Å²) in [7, 11) is -3.40. The SMILES string of the molecule is O.O=P(O)(c1ccccc1)c1ccccc1. The second-order valence-electron chi connectivity index (χ2n) is 3.25. The van der Waals surface area contributed by atoms with E-state index in [2.05, 4.69) is 0 Å². The number of hydrogen-bond donors (Lipinski definition) is 1. The van der Waals surface area contributed by atoms with Crippen LogP contribution in [0.15, 0.2) is 60.7 Å². The summed E-state index contributed by atoms with van der Waals surface area (Å²) in [6, 6.07) is 17.4. The van der Waals surface area contributed by atoms with Gasteiger partial charge >= 0.3 is 0 Å². The average molecular weight is 236 g/mol. The van der Waals surface area contributed by atoms with Crippen molar-refractivity contribution in [3.63, 3.8) is 0 Å². The summed E-state index contributed by atoms with van der Waals surface area (Å²) in [5.74, 6) is 0. The molecule has 3 nitrogen and oxygen atoms in total. The Morgan fingerprint density at radius 2 is 1.06 bits per heavy atom. The molecule has 0 unspecified atom stereocenters. The van der Waals surface area contributed by atoms with Crippen LogP contribution in [-0.4, -0.2) is 10.4 Å². The van der Waals surface area contributed by atoms with Gasteiger partial charge in [-0.3, -0.25) is 4.57 Å². The Balaban J connectivity index is 0.00000128. The molecular formula is C12H13O3P. The zero-order valence-corrected chi connectivity index (χ0v) is 9.47. The standard InChI is InChI=1S/C12H11O2P.H2O/c13-15(14,11-7-3-1-4-8-11)12-9-5-2-6-10-12;/h1-10H,(H,13,14);1H2. The third kappa shape index (κ3) is 2.39. The molecule has 0 heterocycles. The Labute approximate surface area is 94.1 Å². The summed E-state index contributed by atoms with van der Waals surface area (Å²) in [6.07, 6.45) is 0. The Bertz CT molecular complexity index is 439. The van der Waals surface area contributed by atoms with Gasteiger partial charge in [-0.15, -0.1) is 0 Å². The summed E-state index contributed by atoms with van der Waals surface area (Å²) in [5, 5.41) is 0.937. The van der Waals surface area contributed by atoms with E-state index in [0.717, 1.165) is 0 Å². The zero-order chi connectivity index (χ0) is 10.7. The first-order valence-electron chi connectivity index (χ1n) is 4.65. The molecule has 0 aromatic heterocycles. The molecule has 2 aromatic rings. The van der Waals surface area contributed by atoms with Crippen LogP contribution in [0.5, 0.6) is 0 Å². The lowest BCUT2D eigenvalue weighted by Gasteiger charge is -2.11. The van der Waals surface area contributed by atoms with Crippen molar-refractivity contribution < 1.29 is 14.9 Å². The summed E-state index contributed by atoms with van der Waals surface area (Å²) in [5.41, 5.74) is 0. The highest BCUT2D eigenvalue weighted by atomic mass is 31.2. The van der Waals surface area contributed by atoms with Crippen LogP contribution in [0.2, 0.25) is 0 Å². The third-order valence-electron chi connectivity index (χ3n) is 2.21. The van der Waals surface area contributed by atoms with Crippen molar-refractivity contribution in [3.8, 4) is 0 Å². The predicted molar refractivity (Wildman–Crippen MR) is 65.6 cm³/mol. The van der Waals surface area contributed by atoms with E-state index in [9.17, 15) is 9.46 Å². The molecule has 2 rings (SSSR count). The minimum absolute atomic E-state index is 0. The average Bonchev–Trinajstić information content (AvgIpc) is 2.31. The van der Waals surface area contributed by atoms with Gasteiger partial charge in [-0.25, -0.2) is 0 Å². The van der Waals surface area contributed by atoms with Crippen LogP contribution >= 0.6 is 7.37 Å². The van der Waals surface area contributed by atoms with Crippen molar-refractivity contribution >= 4 is 18.0 Å². The Morgan fingerprint density at radius 3 is 1.38 bits per heavy atom. The second-order valence-corrected chi connectivity index (χ2v) is 5.43. The van der Waals surface area contributed by atoms with Gasteiger partial charge in [0.1, 0.15) is 0 Å². The molecule has 0 saturated heterocycles. The van der Waals surface area contributed by atoms with Gasteiger partial charge in [-0.2, -0.15) is 0 Å². The molecule has 0 amide bonds. The molecule has 0 radical (unpaired) electrons. The van der Waals surface area contributed by atoms with Crippen molar-refractivity contribution in [2.24, 2.45) is 0 Å². The van der Waals surface area contributed by atoms with Crippen molar-refractivity contribution in [2.75, 3.05) is 0 Å². The van der Waals surface area contributed by atoms with Crippen LogP contribution in [0.25, 0.3) is 0 Å². The molecule has 0 aliphatic rings. The zero-order valence-electron chi connectivity index (χ0n) is 8.58. The monoisotopic (exact) mass is 236 g/mol. The maximum absolute atomic E-state index is 12.2. The van der Waals surface area contributed by atoms with Crippen LogP contribution in [-0.2, 0) is 4.57 Å². The molecule has 84 valence electrons. The van der Waals surface area contributed by atoms with Crippen molar-refractivity contribution in [1.82, 2.24) is 0 Å². The van der Waals surface area contributed by atoms with Gasteiger partial charge in [-0.1, -0.05) is 36.4 Å². The third-order valence-corrected chi connectivity index (χ3v) is 4.21. The van der Waals surface area contributed by atoms with E-state index < -0.39 is 7.37 Å². The number of benzene rings is 2. The Hall–Kier alpha value is -1.41. The molecule has 0 spiro atoms. The molecule has 0 bridgehead atoms. The lowest BCUT2D eigenvalue weighted by molar-refractivity contribution is 0.501. The molecular weight excluding hydrogens is 223 g/mol. The van der Waals surface area contributed by atoms with E-state index >= 15 is 0 Å². The van der Waals surface area contributed by atoms with Gasteiger partial charge in [0.15, 0.2) is 0 Å². The number of hydrogen-bond acceptors (Lipinski definition) is 1. The van der Waals surface area contributed by atoms with E-state index in [1.54, 1.807) is 48.5 Å². The largest absolute Gasteiger partial charge is 0.412 e. The molecule has 0 fully saturated rings. The topological polar surface area (TPSA) is 68.8 Å². The summed E-state index contributed by atoms with van der Waals surface area (Å²) < 4.78 is 12.2. The van der Waals surface area contributed by atoms with Gasteiger partial charge in [-0.05, 0) is 24.3 Å². The summed E-state index contributed by atoms with van der Waals surface area (Å²) in [6.45, 7) is 0. The first kappa shape index (κ1) is 12.7. The highest BCUT2D eigenvalue weighted by Crippen LogP contribution is 2.37. The van der Waals surface area contributed by atoms with Gasteiger partial charge in [0.05, 0.1) is 0 Å². The summed E-state index contributed by atoms with van der Waals surface area (Å²) in [4.78, 5) is 10.0. The fourth-order valence-corrected chi connectivity index (χ4v) is 2.86. The lowest BCUT2D eigenvalue weighted by atomic mass is 10.4. The van der Waals surface area contributed by atoms with Crippen LogP contribution in [0.1, 0.15) is 0 Å². The lowest BCUT2D eigenvalue weighted by Crippen LogP contribution is -2.14.